The van der Waals surface area contributed by atoms with Crippen molar-refractivity contribution in [1.29, 1.82) is 0 Å². The van der Waals surface area contributed by atoms with E-state index in [2.05, 4.69) is 0 Å². The van der Waals surface area contributed by atoms with Crippen LogP contribution in [-0.2, 0) is 0 Å². The van der Waals surface area contributed by atoms with Gasteiger partial charge in [0.05, 0.1) is 4.92 Å². The first-order chi connectivity index (χ1) is 13.6. The summed E-state index contributed by atoms with van der Waals surface area (Å²) in [6.45, 7) is 0. The van der Waals surface area contributed by atoms with Gasteiger partial charge >= 0.3 is 0 Å². The number of nitrogens with zero attached hydrogens (tertiary/aromatic N) is 2. The molecule has 0 bridgehead atoms. The van der Waals surface area contributed by atoms with Gasteiger partial charge in [0.15, 0.2) is 0 Å². The molecule has 0 heterocycles. The van der Waals surface area contributed by atoms with Crippen molar-refractivity contribution in [2.75, 3.05) is 4.90 Å². The first-order valence-corrected chi connectivity index (χ1v) is 8.76. The molecule has 136 valence electrons. The SMILES string of the molecule is O=C(c1cccc([N+](=O)[O-])c1)N(c1ccccc1)c1ccc2ccccc2c1. The average Bonchev–Trinajstić information content (AvgIpc) is 2.74. The van der Waals surface area contributed by atoms with Crippen molar-refractivity contribution < 1.29 is 9.72 Å². The van der Waals surface area contributed by atoms with Crippen molar-refractivity contribution in [3.05, 3.63) is 113 Å². The third-order valence-electron chi connectivity index (χ3n) is 4.51. The highest BCUT2D eigenvalue weighted by Gasteiger charge is 2.21. The Morgan fingerprint density at radius 2 is 1.43 bits per heavy atom. The van der Waals surface area contributed by atoms with E-state index in [-0.39, 0.29) is 17.2 Å². The Kier molecular flexibility index (Phi) is 4.56. The lowest BCUT2D eigenvalue weighted by molar-refractivity contribution is -0.384. The first-order valence-electron chi connectivity index (χ1n) is 8.76. The number of anilines is 2. The zero-order chi connectivity index (χ0) is 19.5. The molecule has 1 amide bonds. The van der Waals surface area contributed by atoms with Crippen LogP contribution in [0.1, 0.15) is 10.4 Å². The average molecular weight is 368 g/mol. The third-order valence-corrected chi connectivity index (χ3v) is 4.51. The number of hydrogen-bond acceptors (Lipinski definition) is 3. The molecule has 4 rings (SSSR count). The summed E-state index contributed by atoms with van der Waals surface area (Å²) in [6, 6.07) is 28.7. The maximum atomic E-state index is 13.4. The lowest BCUT2D eigenvalue weighted by Gasteiger charge is -2.23. The Bertz CT molecular complexity index is 1170. The van der Waals surface area contributed by atoms with Crippen LogP contribution in [0.4, 0.5) is 17.1 Å². The van der Waals surface area contributed by atoms with Crippen LogP contribution in [0.25, 0.3) is 10.8 Å². The molecule has 0 atom stereocenters. The summed E-state index contributed by atoms with van der Waals surface area (Å²) in [6.07, 6.45) is 0. The fraction of sp³-hybridized carbons (Fsp3) is 0. The van der Waals surface area contributed by atoms with Gasteiger partial charge in [-0.15, -0.1) is 0 Å². The number of carbonyl (C=O) groups excluding carboxylic acids is 1. The number of amides is 1. The number of fused-ring (bicyclic) bond motifs is 1. The summed E-state index contributed by atoms with van der Waals surface area (Å²) in [4.78, 5) is 25.5. The molecule has 0 aromatic heterocycles. The van der Waals surface area contributed by atoms with Gasteiger partial charge in [-0.25, -0.2) is 0 Å². The molecule has 4 aromatic carbocycles. The van der Waals surface area contributed by atoms with Crippen molar-refractivity contribution >= 4 is 33.7 Å². The lowest BCUT2D eigenvalue weighted by atomic mass is 10.1. The predicted octanol–water partition coefficient (Wildman–Crippen LogP) is 5.73. The molecule has 0 N–H and O–H groups in total. The maximum absolute atomic E-state index is 13.4. The summed E-state index contributed by atoms with van der Waals surface area (Å²) < 4.78 is 0. The molecule has 0 saturated carbocycles. The van der Waals surface area contributed by atoms with E-state index >= 15 is 0 Å². The van der Waals surface area contributed by atoms with Crippen LogP contribution < -0.4 is 4.90 Å². The topological polar surface area (TPSA) is 63.4 Å². The minimum atomic E-state index is -0.500. The Hall–Kier alpha value is -3.99. The van der Waals surface area contributed by atoms with Gasteiger partial charge in [0, 0.05) is 29.1 Å². The third kappa shape index (κ3) is 3.33. The van der Waals surface area contributed by atoms with Crippen LogP contribution in [0.2, 0.25) is 0 Å². The van der Waals surface area contributed by atoms with Crippen molar-refractivity contribution in [2.24, 2.45) is 0 Å². The molecule has 0 aliphatic heterocycles. The predicted molar refractivity (Wildman–Crippen MR) is 110 cm³/mol. The number of benzene rings is 4. The number of nitro benzene ring substituents is 1. The second-order valence-electron chi connectivity index (χ2n) is 6.32. The molecule has 5 heteroatoms. The fourth-order valence-corrected chi connectivity index (χ4v) is 3.16. The van der Waals surface area contributed by atoms with Gasteiger partial charge in [0.1, 0.15) is 0 Å². The standard InChI is InChI=1S/C23H16N2O3/c26-23(19-9-6-12-22(16-19)25(27)28)24(20-10-2-1-3-11-20)21-14-13-17-7-4-5-8-18(17)15-21/h1-16H. The number of non-ortho nitro benzene ring substituents is 1. The molecule has 28 heavy (non-hydrogen) atoms. The molecule has 5 nitrogen and oxygen atoms in total. The van der Waals surface area contributed by atoms with Gasteiger partial charge in [-0.3, -0.25) is 19.8 Å². The van der Waals surface area contributed by atoms with E-state index in [1.165, 1.54) is 18.2 Å². The molecular formula is C23H16N2O3. The summed E-state index contributed by atoms with van der Waals surface area (Å²) in [5.74, 6) is -0.329. The van der Waals surface area contributed by atoms with E-state index in [9.17, 15) is 14.9 Å². The number of carbonyl (C=O) groups is 1. The van der Waals surface area contributed by atoms with E-state index < -0.39 is 4.92 Å². The molecule has 0 saturated heterocycles. The molecule has 0 spiro atoms. The second-order valence-corrected chi connectivity index (χ2v) is 6.32. The van der Waals surface area contributed by atoms with Gasteiger partial charge in [-0.05, 0) is 41.1 Å². The van der Waals surface area contributed by atoms with Crippen molar-refractivity contribution in [3.63, 3.8) is 0 Å². The Balaban J connectivity index is 1.85. The highest BCUT2D eigenvalue weighted by atomic mass is 16.6. The van der Waals surface area contributed by atoms with Crippen LogP contribution in [-0.4, -0.2) is 10.8 Å². The summed E-state index contributed by atoms with van der Waals surface area (Å²) in [5, 5.41) is 13.2. The quantitative estimate of drug-likeness (QED) is 0.341. The summed E-state index contributed by atoms with van der Waals surface area (Å²) in [7, 11) is 0. The largest absolute Gasteiger partial charge is 0.277 e. The van der Waals surface area contributed by atoms with Crippen LogP contribution in [0.15, 0.2) is 97.1 Å². The van der Waals surface area contributed by atoms with Crippen LogP contribution in [0, 0.1) is 10.1 Å². The van der Waals surface area contributed by atoms with Crippen LogP contribution >= 0.6 is 0 Å². The molecular weight excluding hydrogens is 352 g/mol. The number of hydrogen-bond donors (Lipinski definition) is 0. The van der Waals surface area contributed by atoms with Crippen molar-refractivity contribution in [3.8, 4) is 0 Å². The second kappa shape index (κ2) is 7.32. The zero-order valence-corrected chi connectivity index (χ0v) is 14.9. The van der Waals surface area contributed by atoms with E-state index in [4.69, 9.17) is 0 Å². The minimum absolute atomic E-state index is 0.114. The van der Waals surface area contributed by atoms with Crippen molar-refractivity contribution in [1.82, 2.24) is 0 Å². The lowest BCUT2D eigenvalue weighted by Crippen LogP contribution is -2.26. The van der Waals surface area contributed by atoms with E-state index in [0.717, 1.165) is 10.8 Å². The van der Waals surface area contributed by atoms with Crippen LogP contribution in [0.5, 0.6) is 0 Å². The minimum Gasteiger partial charge on any atom is -0.277 e. The van der Waals surface area contributed by atoms with Gasteiger partial charge < -0.3 is 0 Å². The van der Waals surface area contributed by atoms with Gasteiger partial charge in [0.25, 0.3) is 11.6 Å². The smallest absolute Gasteiger partial charge is 0.270 e. The molecule has 0 radical (unpaired) electrons. The molecule has 0 aliphatic carbocycles. The van der Waals surface area contributed by atoms with Gasteiger partial charge in [0.2, 0.25) is 0 Å². The van der Waals surface area contributed by atoms with E-state index in [1.807, 2.05) is 72.8 Å². The molecule has 0 fully saturated rings. The zero-order valence-electron chi connectivity index (χ0n) is 14.9. The summed E-state index contributed by atoms with van der Waals surface area (Å²) >= 11 is 0. The Morgan fingerprint density at radius 3 is 2.18 bits per heavy atom. The number of para-hydroxylation sites is 1. The maximum Gasteiger partial charge on any atom is 0.270 e. The van der Waals surface area contributed by atoms with E-state index in [0.29, 0.717) is 11.4 Å². The fourth-order valence-electron chi connectivity index (χ4n) is 3.16. The van der Waals surface area contributed by atoms with Crippen molar-refractivity contribution in [2.45, 2.75) is 0 Å². The number of nitro groups is 1. The Morgan fingerprint density at radius 1 is 0.714 bits per heavy atom. The Labute approximate surface area is 161 Å². The molecule has 0 aliphatic rings. The van der Waals surface area contributed by atoms with Gasteiger partial charge in [-0.2, -0.15) is 0 Å². The highest BCUT2D eigenvalue weighted by molar-refractivity contribution is 6.11. The van der Waals surface area contributed by atoms with E-state index in [1.54, 1.807) is 11.0 Å². The highest BCUT2D eigenvalue weighted by Crippen LogP contribution is 2.30. The first kappa shape index (κ1) is 17.4. The molecule has 0 unspecified atom stereocenters. The molecule has 4 aromatic rings. The van der Waals surface area contributed by atoms with Crippen LogP contribution in [0.3, 0.4) is 0 Å². The van der Waals surface area contributed by atoms with Gasteiger partial charge in [-0.1, -0.05) is 54.6 Å². The monoisotopic (exact) mass is 368 g/mol. The summed E-state index contributed by atoms with van der Waals surface area (Å²) in [5.41, 5.74) is 1.53. The normalized spacial score (nSPS) is 10.6. The number of rotatable bonds is 4.